The number of esters is 1. The number of Topliss-reactive ketones (excluding diaryl/α,β-unsaturated/α-hetero) is 1. The van der Waals surface area contributed by atoms with Crippen molar-refractivity contribution in [2.75, 3.05) is 0 Å². The predicted octanol–water partition coefficient (Wildman–Crippen LogP) is 5.97. The number of hydrogen-bond acceptors (Lipinski definition) is 4. The topological polar surface area (TPSA) is 60.4 Å². The minimum atomic E-state index is -0.953. The summed E-state index contributed by atoms with van der Waals surface area (Å²) in [7, 11) is 0. The molecule has 0 heterocycles. The summed E-state index contributed by atoms with van der Waals surface area (Å²) in [4.78, 5) is 37.8. The molecule has 0 amide bonds. The van der Waals surface area contributed by atoms with Gasteiger partial charge in [0.1, 0.15) is 0 Å². The van der Waals surface area contributed by atoms with Gasteiger partial charge in [0.25, 0.3) is 0 Å². The highest BCUT2D eigenvalue weighted by atomic mass is 16.6. The van der Waals surface area contributed by atoms with Crippen LogP contribution in [0.25, 0.3) is 0 Å². The highest BCUT2D eigenvalue weighted by molar-refractivity contribution is 5.91. The Morgan fingerprint density at radius 1 is 1.03 bits per heavy atom. The molecule has 4 aliphatic rings. The summed E-state index contributed by atoms with van der Waals surface area (Å²) in [5, 5.41) is 0. The third-order valence-corrected chi connectivity index (χ3v) is 9.92. The van der Waals surface area contributed by atoms with Crippen LogP contribution in [-0.4, -0.2) is 23.1 Å². The summed E-state index contributed by atoms with van der Waals surface area (Å²) in [6, 6.07) is 0. The van der Waals surface area contributed by atoms with Crippen molar-refractivity contribution in [2.24, 2.45) is 28.6 Å². The number of allylic oxidation sites excluding steroid dienone is 1. The molecule has 4 heteroatoms. The summed E-state index contributed by atoms with van der Waals surface area (Å²) < 4.78 is 6.16. The van der Waals surface area contributed by atoms with Crippen molar-refractivity contribution in [3.63, 3.8) is 0 Å². The Morgan fingerprint density at radius 3 is 2.48 bits per heavy atom. The largest absolute Gasteiger partial charge is 0.450 e. The van der Waals surface area contributed by atoms with Crippen LogP contribution < -0.4 is 0 Å². The van der Waals surface area contributed by atoms with Crippen LogP contribution in [0, 0.1) is 28.6 Å². The number of hydrogen-bond donors (Lipinski definition) is 0. The van der Waals surface area contributed by atoms with Crippen molar-refractivity contribution in [1.29, 1.82) is 0 Å². The highest BCUT2D eigenvalue weighted by Crippen LogP contribution is 2.68. The van der Waals surface area contributed by atoms with Crippen LogP contribution in [0.2, 0.25) is 0 Å². The summed E-state index contributed by atoms with van der Waals surface area (Å²) >= 11 is 0. The van der Waals surface area contributed by atoms with E-state index in [2.05, 4.69) is 20.8 Å². The van der Waals surface area contributed by atoms with Crippen molar-refractivity contribution >= 4 is 17.5 Å². The molecule has 0 radical (unpaired) electrons. The average Bonchev–Trinajstić information content (AvgIpc) is 3.02. The number of rotatable bonds is 6. The second kappa shape index (κ2) is 8.15. The Bertz CT molecular complexity index is 797. The van der Waals surface area contributed by atoms with Gasteiger partial charge in [-0.15, -0.1) is 0 Å². The van der Waals surface area contributed by atoms with Crippen molar-refractivity contribution in [3.05, 3.63) is 11.6 Å². The van der Waals surface area contributed by atoms with Crippen LogP contribution in [0.15, 0.2) is 11.6 Å². The molecule has 0 aromatic heterocycles. The molecule has 0 saturated heterocycles. The second-order valence-corrected chi connectivity index (χ2v) is 11.3. The molecule has 6 atom stereocenters. The lowest BCUT2D eigenvalue weighted by molar-refractivity contribution is -0.189. The van der Waals surface area contributed by atoms with Gasteiger partial charge in [-0.3, -0.25) is 14.4 Å². The van der Waals surface area contributed by atoms with Gasteiger partial charge in [-0.1, -0.05) is 39.2 Å². The molecule has 0 N–H and O–H groups in total. The van der Waals surface area contributed by atoms with Crippen molar-refractivity contribution in [3.8, 4) is 0 Å². The number of ether oxygens (including phenoxy) is 1. The molecular formula is C27H40O4. The van der Waals surface area contributed by atoms with E-state index in [-0.39, 0.29) is 28.4 Å². The number of unbranched alkanes of at least 4 members (excludes halogenated alkanes) is 2. The van der Waals surface area contributed by atoms with Gasteiger partial charge in [-0.25, -0.2) is 0 Å². The maximum Gasteiger partial charge on any atom is 0.306 e. The third kappa shape index (κ3) is 3.43. The van der Waals surface area contributed by atoms with E-state index in [0.29, 0.717) is 37.0 Å². The molecule has 2 unspecified atom stereocenters. The lowest BCUT2D eigenvalue weighted by atomic mass is 9.46. The molecule has 0 bridgehead atoms. The van der Waals surface area contributed by atoms with Crippen molar-refractivity contribution in [1.82, 2.24) is 0 Å². The number of fused-ring (bicyclic) bond motifs is 5. The Labute approximate surface area is 187 Å². The van der Waals surface area contributed by atoms with Crippen LogP contribution in [0.4, 0.5) is 0 Å². The Balaban J connectivity index is 1.59. The summed E-state index contributed by atoms with van der Waals surface area (Å²) in [6.45, 7) is 8.37. The highest BCUT2D eigenvalue weighted by Gasteiger charge is 2.67. The lowest BCUT2D eigenvalue weighted by Gasteiger charge is -2.59. The fourth-order valence-electron chi connectivity index (χ4n) is 8.14. The van der Waals surface area contributed by atoms with E-state index in [1.165, 1.54) is 5.57 Å². The van der Waals surface area contributed by atoms with Gasteiger partial charge in [0, 0.05) is 18.3 Å². The molecule has 4 rings (SSSR count). The first-order chi connectivity index (χ1) is 14.7. The normalized spacial score (nSPS) is 41.6. The predicted molar refractivity (Wildman–Crippen MR) is 120 cm³/mol. The third-order valence-electron chi connectivity index (χ3n) is 9.92. The monoisotopic (exact) mass is 428 g/mol. The van der Waals surface area contributed by atoms with Crippen LogP contribution in [0.3, 0.4) is 0 Å². The van der Waals surface area contributed by atoms with Crippen LogP contribution >= 0.6 is 0 Å². The van der Waals surface area contributed by atoms with Gasteiger partial charge in [-0.2, -0.15) is 0 Å². The zero-order valence-corrected chi connectivity index (χ0v) is 19.9. The van der Waals surface area contributed by atoms with E-state index in [1.54, 1.807) is 6.92 Å². The Kier molecular flexibility index (Phi) is 5.98. The molecule has 4 aliphatic carbocycles. The summed E-state index contributed by atoms with van der Waals surface area (Å²) in [5.74, 6) is 1.66. The van der Waals surface area contributed by atoms with E-state index in [9.17, 15) is 14.4 Å². The van der Waals surface area contributed by atoms with Gasteiger partial charge < -0.3 is 4.74 Å². The molecule has 0 aliphatic heterocycles. The summed E-state index contributed by atoms with van der Waals surface area (Å²) in [6.07, 6.45) is 12.6. The van der Waals surface area contributed by atoms with Gasteiger partial charge in [0.15, 0.2) is 17.2 Å². The smallest absolute Gasteiger partial charge is 0.306 e. The molecule has 3 fully saturated rings. The van der Waals surface area contributed by atoms with Crippen LogP contribution in [0.1, 0.15) is 105 Å². The van der Waals surface area contributed by atoms with E-state index in [0.717, 1.165) is 57.8 Å². The van der Waals surface area contributed by atoms with Crippen LogP contribution in [0.5, 0.6) is 0 Å². The number of ketones is 2. The molecule has 31 heavy (non-hydrogen) atoms. The fourth-order valence-corrected chi connectivity index (χ4v) is 8.14. The van der Waals surface area contributed by atoms with E-state index < -0.39 is 5.60 Å². The van der Waals surface area contributed by atoms with Gasteiger partial charge in [0.2, 0.25) is 0 Å². The number of carbonyl (C=O) groups excluding carboxylic acids is 3. The molecule has 0 spiro atoms. The van der Waals surface area contributed by atoms with Crippen molar-refractivity contribution < 1.29 is 19.1 Å². The van der Waals surface area contributed by atoms with E-state index in [1.807, 2.05) is 6.08 Å². The fraction of sp³-hybridized carbons (Fsp3) is 0.815. The SMILES string of the molecule is CCCCCC(=O)O[C@]1(C(C)=O)CC[C@H]2C3CCC4=CC(=O)CC[C@]4(C)[C@H]3CCC21C. The van der Waals surface area contributed by atoms with E-state index in [4.69, 9.17) is 4.74 Å². The Hall–Kier alpha value is -1.45. The maximum atomic E-state index is 13.1. The molecule has 0 aromatic rings. The van der Waals surface area contributed by atoms with Gasteiger partial charge in [-0.05, 0) is 87.5 Å². The zero-order chi connectivity index (χ0) is 22.4. The lowest BCUT2D eigenvalue weighted by Crippen LogP contribution is -2.58. The standard InChI is InChI=1S/C27H40O4/c1-5-6-7-8-24(30)31-27(18(2)28)16-13-23-21-10-9-19-17-20(29)11-14-25(19,3)22(21)12-15-26(23,27)4/h17,21-23H,5-16H2,1-4H3/t21?,22-,23-,25-,26?,27-/m0/s1. The molecule has 3 saturated carbocycles. The number of carbonyl (C=O) groups is 3. The first-order valence-electron chi connectivity index (χ1n) is 12.6. The molecule has 0 aromatic carbocycles. The van der Waals surface area contributed by atoms with Gasteiger partial charge >= 0.3 is 5.97 Å². The molecule has 172 valence electrons. The maximum absolute atomic E-state index is 13.1. The quantitative estimate of drug-likeness (QED) is 0.386. The van der Waals surface area contributed by atoms with E-state index >= 15 is 0 Å². The molecule has 4 nitrogen and oxygen atoms in total. The average molecular weight is 429 g/mol. The van der Waals surface area contributed by atoms with Crippen molar-refractivity contribution in [2.45, 2.75) is 110 Å². The van der Waals surface area contributed by atoms with Crippen LogP contribution in [-0.2, 0) is 19.1 Å². The van der Waals surface area contributed by atoms with Gasteiger partial charge in [0.05, 0.1) is 0 Å². The zero-order valence-electron chi connectivity index (χ0n) is 19.9. The Morgan fingerprint density at radius 2 is 1.77 bits per heavy atom. The first kappa shape index (κ1) is 22.7. The molecular weight excluding hydrogens is 388 g/mol. The first-order valence-corrected chi connectivity index (χ1v) is 12.6. The minimum Gasteiger partial charge on any atom is -0.450 e. The summed E-state index contributed by atoms with van der Waals surface area (Å²) in [5.41, 5.74) is 0.261. The minimum absolute atomic E-state index is 0.0330. The second-order valence-electron chi connectivity index (χ2n) is 11.3.